The highest BCUT2D eigenvalue weighted by Gasteiger charge is 2.45. The van der Waals surface area contributed by atoms with Crippen LogP contribution < -0.4 is 0 Å². The molecule has 1 aliphatic carbocycles. The van der Waals surface area contributed by atoms with Gasteiger partial charge in [-0.25, -0.2) is 4.79 Å². The van der Waals surface area contributed by atoms with E-state index in [4.69, 9.17) is 9.47 Å². The number of hydrogen-bond donors (Lipinski definition) is 0. The molecule has 0 radical (unpaired) electrons. The maximum absolute atomic E-state index is 12.4. The number of nitrogens with zero attached hydrogens (tertiary/aromatic N) is 1. The number of carbonyl (C=O) groups excluding carboxylic acids is 1. The van der Waals surface area contributed by atoms with Crippen LogP contribution in [0.3, 0.4) is 0 Å². The van der Waals surface area contributed by atoms with Gasteiger partial charge in [-0.1, -0.05) is 48.9 Å². The van der Waals surface area contributed by atoms with Gasteiger partial charge in [-0.15, -0.1) is 0 Å². The highest BCUT2D eigenvalue weighted by Crippen LogP contribution is 2.37. The van der Waals surface area contributed by atoms with Gasteiger partial charge in [0.2, 0.25) is 0 Å². The largest absolute Gasteiger partial charge is 0.441 e. The first-order valence-corrected chi connectivity index (χ1v) is 10.4. The van der Waals surface area contributed by atoms with E-state index in [0.717, 1.165) is 44.4 Å². The lowest BCUT2D eigenvalue weighted by Crippen LogP contribution is -2.36. The first-order chi connectivity index (χ1) is 13.7. The van der Waals surface area contributed by atoms with Crippen LogP contribution in [0.1, 0.15) is 50.2 Å². The first kappa shape index (κ1) is 19.0. The molecule has 4 rings (SSSR count). The molecule has 1 heterocycles. The zero-order valence-electron chi connectivity index (χ0n) is 16.7. The number of hydrogen-bond acceptors (Lipinski definition) is 3. The smallest absolute Gasteiger partial charge is 0.410 e. The Hall–Kier alpha value is -2.33. The molecule has 0 bridgehead atoms. The molecule has 2 aromatic carbocycles. The summed E-state index contributed by atoms with van der Waals surface area (Å²) in [6, 6.07) is 17.0. The molecular formula is C24H29NO3. The average molecular weight is 380 g/mol. The van der Waals surface area contributed by atoms with E-state index in [1.165, 1.54) is 23.1 Å². The number of ether oxygens (including phenoxy) is 2. The number of carbonyl (C=O) groups is 1. The van der Waals surface area contributed by atoms with Crippen molar-refractivity contribution in [3.05, 3.63) is 59.7 Å². The Balaban J connectivity index is 1.42. The van der Waals surface area contributed by atoms with E-state index in [1.807, 2.05) is 11.8 Å². The molecule has 28 heavy (non-hydrogen) atoms. The summed E-state index contributed by atoms with van der Waals surface area (Å²) in [5.74, 6) is 0. The predicted molar refractivity (Wildman–Crippen MR) is 110 cm³/mol. The highest BCUT2D eigenvalue weighted by molar-refractivity contribution is 5.71. The second-order valence-corrected chi connectivity index (χ2v) is 8.00. The molecule has 0 N–H and O–H groups in total. The van der Waals surface area contributed by atoms with Crippen molar-refractivity contribution in [3.8, 4) is 11.1 Å². The first-order valence-electron chi connectivity index (χ1n) is 10.4. The Kier molecular flexibility index (Phi) is 5.67. The van der Waals surface area contributed by atoms with Gasteiger partial charge in [0.05, 0.1) is 13.2 Å². The maximum atomic E-state index is 12.4. The van der Waals surface area contributed by atoms with Gasteiger partial charge >= 0.3 is 6.09 Å². The van der Waals surface area contributed by atoms with Gasteiger partial charge in [0.25, 0.3) is 0 Å². The molecular weight excluding hydrogens is 350 g/mol. The third-order valence-corrected chi connectivity index (χ3v) is 5.87. The lowest BCUT2D eigenvalue weighted by Gasteiger charge is -2.30. The van der Waals surface area contributed by atoms with Crippen molar-refractivity contribution in [2.45, 2.75) is 57.8 Å². The van der Waals surface area contributed by atoms with Crippen LogP contribution in [0, 0.1) is 0 Å². The SMILES string of the molecule is CCOCc1cccc(-c2ccc(CN3CC4(CCCCC4)OC3=O)cc2)c1. The van der Waals surface area contributed by atoms with Crippen molar-refractivity contribution in [1.82, 2.24) is 4.90 Å². The van der Waals surface area contributed by atoms with Crippen LogP contribution in [0.25, 0.3) is 11.1 Å². The fourth-order valence-electron chi connectivity index (χ4n) is 4.35. The number of rotatable bonds is 6. The topological polar surface area (TPSA) is 38.8 Å². The van der Waals surface area contributed by atoms with E-state index in [-0.39, 0.29) is 11.7 Å². The Labute approximate surface area is 167 Å². The summed E-state index contributed by atoms with van der Waals surface area (Å²) in [5.41, 5.74) is 4.45. The third kappa shape index (κ3) is 4.22. The standard InChI is InChI=1S/C24H29NO3/c1-2-27-17-20-7-6-8-22(15-20)21-11-9-19(10-12-21)16-25-18-24(28-23(25)26)13-4-3-5-14-24/h6-12,15H,2-5,13-14,16-18H2,1H3. The molecule has 4 heteroatoms. The molecule has 0 unspecified atom stereocenters. The fraction of sp³-hybridized carbons (Fsp3) is 0.458. The Morgan fingerprint density at radius 2 is 1.79 bits per heavy atom. The molecule has 1 amide bonds. The molecule has 4 nitrogen and oxygen atoms in total. The Bertz CT molecular complexity index is 809. The Morgan fingerprint density at radius 3 is 2.54 bits per heavy atom. The molecule has 2 aliphatic rings. The van der Waals surface area contributed by atoms with Crippen LogP contribution >= 0.6 is 0 Å². The summed E-state index contributed by atoms with van der Waals surface area (Å²) < 4.78 is 11.3. The highest BCUT2D eigenvalue weighted by atomic mass is 16.6. The van der Waals surface area contributed by atoms with Gasteiger partial charge in [0.15, 0.2) is 0 Å². The zero-order valence-corrected chi connectivity index (χ0v) is 16.7. The molecule has 1 saturated heterocycles. The zero-order chi connectivity index (χ0) is 19.4. The average Bonchev–Trinajstić information content (AvgIpc) is 3.02. The van der Waals surface area contributed by atoms with Crippen LogP contribution in [0.2, 0.25) is 0 Å². The molecule has 1 saturated carbocycles. The second-order valence-electron chi connectivity index (χ2n) is 8.00. The maximum Gasteiger partial charge on any atom is 0.410 e. The van der Waals surface area contributed by atoms with Crippen molar-refractivity contribution in [2.24, 2.45) is 0 Å². The predicted octanol–water partition coefficient (Wildman–Crippen LogP) is 5.55. The van der Waals surface area contributed by atoms with E-state index in [1.54, 1.807) is 0 Å². The van der Waals surface area contributed by atoms with E-state index in [9.17, 15) is 4.79 Å². The van der Waals surface area contributed by atoms with Crippen LogP contribution in [0.15, 0.2) is 48.5 Å². The van der Waals surface area contributed by atoms with E-state index >= 15 is 0 Å². The summed E-state index contributed by atoms with van der Waals surface area (Å²) in [4.78, 5) is 14.2. The molecule has 0 aromatic heterocycles. The van der Waals surface area contributed by atoms with Crippen molar-refractivity contribution >= 4 is 6.09 Å². The van der Waals surface area contributed by atoms with Gasteiger partial charge in [-0.05, 0) is 60.9 Å². The summed E-state index contributed by atoms with van der Waals surface area (Å²) in [6.45, 7) is 4.72. The molecule has 0 atom stereocenters. The molecule has 1 spiro atoms. The summed E-state index contributed by atoms with van der Waals surface area (Å²) in [6.07, 6.45) is 5.44. The fourth-order valence-corrected chi connectivity index (χ4v) is 4.35. The normalized spacial score (nSPS) is 18.5. The lowest BCUT2D eigenvalue weighted by atomic mass is 9.85. The van der Waals surface area contributed by atoms with E-state index in [2.05, 4.69) is 48.5 Å². The van der Waals surface area contributed by atoms with Gasteiger partial charge in [-0.3, -0.25) is 4.90 Å². The van der Waals surface area contributed by atoms with Gasteiger partial charge < -0.3 is 9.47 Å². The van der Waals surface area contributed by atoms with Gasteiger partial charge in [0.1, 0.15) is 5.60 Å². The monoisotopic (exact) mass is 379 g/mol. The van der Waals surface area contributed by atoms with Gasteiger partial charge in [-0.2, -0.15) is 0 Å². The van der Waals surface area contributed by atoms with E-state index < -0.39 is 0 Å². The van der Waals surface area contributed by atoms with Gasteiger partial charge in [0, 0.05) is 13.2 Å². The van der Waals surface area contributed by atoms with Crippen molar-refractivity contribution in [2.75, 3.05) is 13.2 Å². The summed E-state index contributed by atoms with van der Waals surface area (Å²) >= 11 is 0. The lowest BCUT2D eigenvalue weighted by molar-refractivity contribution is 0.0260. The second kappa shape index (κ2) is 8.36. The minimum absolute atomic E-state index is 0.158. The quantitative estimate of drug-likeness (QED) is 0.661. The van der Waals surface area contributed by atoms with Crippen molar-refractivity contribution < 1.29 is 14.3 Å². The van der Waals surface area contributed by atoms with Crippen LogP contribution in [0.5, 0.6) is 0 Å². The Morgan fingerprint density at radius 1 is 1.00 bits per heavy atom. The summed E-state index contributed by atoms with van der Waals surface area (Å²) in [7, 11) is 0. The van der Waals surface area contributed by atoms with Crippen LogP contribution in [-0.2, 0) is 22.6 Å². The van der Waals surface area contributed by atoms with Crippen molar-refractivity contribution in [1.29, 1.82) is 0 Å². The molecule has 1 aliphatic heterocycles. The molecule has 148 valence electrons. The van der Waals surface area contributed by atoms with Crippen LogP contribution in [-0.4, -0.2) is 29.7 Å². The minimum Gasteiger partial charge on any atom is -0.441 e. The van der Waals surface area contributed by atoms with Crippen LogP contribution in [0.4, 0.5) is 4.79 Å². The number of benzene rings is 2. The molecule has 2 fully saturated rings. The molecule has 2 aromatic rings. The minimum atomic E-state index is -0.226. The van der Waals surface area contributed by atoms with E-state index in [0.29, 0.717) is 13.2 Å². The summed E-state index contributed by atoms with van der Waals surface area (Å²) in [5, 5.41) is 0. The number of amides is 1. The third-order valence-electron chi connectivity index (χ3n) is 5.87. The van der Waals surface area contributed by atoms with Crippen molar-refractivity contribution in [3.63, 3.8) is 0 Å².